The van der Waals surface area contributed by atoms with Crippen LogP contribution in [0.15, 0.2) is 6.20 Å². The first-order valence-corrected chi connectivity index (χ1v) is 6.12. The Hall–Kier alpha value is -1.40. The molecule has 98 valence electrons. The maximum absolute atomic E-state index is 11.7. The Kier molecular flexibility index (Phi) is 4.33. The number of anilines is 1. The van der Waals surface area contributed by atoms with Crippen LogP contribution in [0.4, 0.5) is 5.82 Å². The van der Waals surface area contributed by atoms with Gasteiger partial charge in [-0.15, -0.1) is 0 Å². The Morgan fingerprint density at radius 3 is 3.22 bits per heavy atom. The van der Waals surface area contributed by atoms with Crippen molar-refractivity contribution in [2.75, 3.05) is 25.1 Å². The Balaban J connectivity index is 2.19. The summed E-state index contributed by atoms with van der Waals surface area (Å²) in [5.74, 6) is -0.0699. The molecular formula is C11H14ClN3O3. The molecule has 18 heavy (non-hydrogen) atoms. The van der Waals surface area contributed by atoms with Crippen molar-refractivity contribution in [1.82, 2.24) is 9.97 Å². The lowest BCUT2D eigenvalue weighted by atomic mass is 10.2. The van der Waals surface area contributed by atoms with E-state index in [4.69, 9.17) is 21.1 Å². The Bertz CT molecular complexity index is 436. The van der Waals surface area contributed by atoms with Crippen LogP contribution in [0.2, 0.25) is 5.28 Å². The molecule has 6 nitrogen and oxygen atoms in total. The summed E-state index contributed by atoms with van der Waals surface area (Å²) in [5, 5.41) is 3.22. The first-order valence-electron chi connectivity index (χ1n) is 5.74. The van der Waals surface area contributed by atoms with Crippen molar-refractivity contribution in [2.45, 2.75) is 19.4 Å². The van der Waals surface area contributed by atoms with Crippen molar-refractivity contribution in [3.63, 3.8) is 0 Å². The number of esters is 1. The van der Waals surface area contributed by atoms with Gasteiger partial charge in [0.2, 0.25) is 5.28 Å². The lowest BCUT2D eigenvalue weighted by molar-refractivity contribution is 0.0526. The predicted octanol–water partition coefficient (Wildman–Crippen LogP) is 1.51. The van der Waals surface area contributed by atoms with Gasteiger partial charge in [-0.25, -0.2) is 9.78 Å². The van der Waals surface area contributed by atoms with Gasteiger partial charge in [-0.1, -0.05) is 0 Å². The largest absolute Gasteiger partial charge is 0.462 e. The summed E-state index contributed by atoms with van der Waals surface area (Å²) in [4.78, 5) is 19.6. The van der Waals surface area contributed by atoms with Crippen molar-refractivity contribution in [1.29, 1.82) is 0 Å². The second-order valence-corrected chi connectivity index (χ2v) is 4.16. The maximum Gasteiger partial charge on any atom is 0.343 e. The van der Waals surface area contributed by atoms with Crippen LogP contribution in [0, 0.1) is 0 Å². The highest BCUT2D eigenvalue weighted by Crippen LogP contribution is 2.18. The normalized spacial score (nSPS) is 18.7. The van der Waals surface area contributed by atoms with E-state index in [1.54, 1.807) is 6.92 Å². The van der Waals surface area contributed by atoms with E-state index in [0.717, 1.165) is 6.42 Å². The van der Waals surface area contributed by atoms with Crippen molar-refractivity contribution in [3.8, 4) is 0 Å². The first-order chi connectivity index (χ1) is 8.70. The second kappa shape index (κ2) is 5.97. The lowest BCUT2D eigenvalue weighted by Crippen LogP contribution is -2.22. The molecular weight excluding hydrogens is 258 g/mol. The van der Waals surface area contributed by atoms with E-state index < -0.39 is 5.97 Å². The molecule has 1 atom stereocenters. The minimum absolute atomic E-state index is 0.0875. The number of hydrogen-bond acceptors (Lipinski definition) is 6. The van der Waals surface area contributed by atoms with Crippen LogP contribution in [0.1, 0.15) is 23.7 Å². The summed E-state index contributed by atoms with van der Waals surface area (Å²) in [6, 6.07) is 0.129. The molecule has 0 aromatic carbocycles. The highest BCUT2D eigenvalue weighted by Gasteiger charge is 2.21. The highest BCUT2D eigenvalue weighted by atomic mass is 35.5. The molecule has 1 saturated heterocycles. The molecule has 0 aliphatic carbocycles. The van der Waals surface area contributed by atoms with Crippen molar-refractivity contribution >= 4 is 23.4 Å². The van der Waals surface area contributed by atoms with Gasteiger partial charge in [-0.05, 0) is 24.9 Å². The minimum atomic E-state index is -0.462. The quantitative estimate of drug-likeness (QED) is 0.661. The fourth-order valence-electron chi connectivity index (χ4n) is 1.67. The zero-order valence-corrected chi connectivity index (χ0v) is 10.7. The van der Waals surface area contributed by atoms with Gasteiger partial charge in [-0.2, -0.15) is 4.98 Å². The molecule has 1 aromatic heterocycles. The molecule has 2 rings (SSSR count). The van der Waals surface area contributed by atoms with Gasteiger partial charge >= 0.3 is 5.97 Å². The van der Waals surface area contributed by atoms with Gasteiger partial charge in [0.25, 0.3) is 0 Å². The van der Waals surface area contributed by atoms with E-state index in [1.165, 1.54) is 6.20 Å². The first kappa shape index (κ1) is 13.0. The average Bonchev–Trinajstić information content (AvgIpc) is 2.82. The standard InChI is InChI=1S/C11H14ClN3O3/c1-2-18-10(16)8-5-13-11(12)15-9(8)14-7-3-4-17-6-7/h5,7H,2-4,6H2,1H3,(H,13,14,15)/t7-/m1/s1. The fraction of sp³-hybridized carbons (Fsp3) is 0.545. The van der Waals surface area contributed by atoms with E-state index in [2.05, 4.69) is 15.3 Å². The Labute approximate surface area is 110 Å². The Morgan fingerprint density at radius 1 is 1.72 bits per heavy atom. The molecule has 0 bridgehead atoms. The van der Waals surface area contributed by atoms with Crippen molar-refractivity contribution < 1.29 is 14.3 Å². The molecule has 0 amide bonds. The van der Waals surface area contributed by atoms with Gasteiger partial charge in [0, 0.05) is 12.8 Å². The summed E-state index contributed by atoms with van der Waals surface area (Å²) in [7, 11) is 0. The van der Waals surface area contributed by atoms with E-state index in [-0.39, 0.29) is 16.9 Å². The molecule has 1 aliphatic rings. The molecule has 0 unspecified atom stereocenters. The number of rotatable bonds is 4. The fourth-order valence-corrected chi connectivity index (χ4v) is 1.80. The molecule has 1 fully saturated rings. The average molecular weight is 272 g/mol. The molecule has 1 N–H and O–H groups in total. The molecule has 0 spiro atoms. The van der Waals surface area contributed by atoms with E-state index in [0.29, 0.717) is 25.6 Å². The summed E-state index contributed by atoms with van der Waals surface area (Å²) < 4.78 is 10.2. The summed E-state index contributed by atoms with van der Waals surface area (Å²) in [5.41, 5.74) is 0.285. The zero-order chi connectivity index (χ0) is 13.0. The van der Waals surface area contributed by atoms with E-state index >= 15 is 0 Å². The van der Waals surface area contributed by atoms with Gasteiger partial charge in [0.05, 0.1) is 19.3 Å². The lowest BCUT2D eigenvalue weighted by Gasteiger charge is -2.14. The predicted molar refractivity (Wildman–Crippen MR) is 65.8 cm³/mol. The van der Waals surface area contributed by atoms with Gasteiger partial charge in [0.1, 0.15) is 11.4 Å². The summed E-state index contributed by atoms with van der Waals surface area (Å²) >= 11 is 5.74. The number of aromatic nitrogens is 2. The number of hydrogen-bond donors (Lipinski definition) is 1. The van der Waals surface area contributed by atoms with Gasteiger partial charge in [-0.3, -0.25) is 0 Å². The SMILES string of the molecule is CCOC(=O)c1cnc(Cl)nc1N[C@@H]1CCOC1. The monoisotopic (exact) mass is 271 g/mol. The third kappa shape index (κ3) is 3.08. The number of ether oxygens (including phenoxy) is 2. The molecule has 7 heteroatoms. The van der Waals surface area contributed by atoms with Crippen LogP contribution < -0.4 is 5.32 Å². The van der Waals surface area contributed by atoms with Crippen LogP contribution in [0.25, 0.3) is 0 Å². The van der Waals surface area contributed by atoms with Crippen molar-refractivity contribution in [2.24, 2.45) is 0 Å². The summed E-state index contributed by atoms with van der Waals surface area (Å²) in [6.45, 7) is 3.33. The van der Waals surface area contributed by atoms with E-state index in [9.17, 15) is 4.79 Å². The van der Waals surface area contributed by atoms with Gasteiger partial charge in [0.15, 0.2) is 0 Å². The topological polar surface area (TPSA) is 73.3 Å². The third-order valence-corrected chi connectivity index (χ3v) is 2.71. The number of nitrogens with one attached hydrogen (secondary N) is 1. The molecule has 2 heterocycles. The van der Waals surface area contributed by atoms with E-state index in [1.807, 2.05) is 0 Å². The third-order valence-electron chi connectivity index (χ3n) is 2.53. The molecule has 1 aromatic rings. The van der Waals surface area contributed by atoms with Crippen LogP contribution in [0.3, 0.4) is 0 Å². The summed E-state index contributed by atoms with van der Waals surface area (Å²) in [6.07, 6.45) is 2.23. The number of halogens is 1. The number of nitrogens with zero attached hydrogens (tertiary/aromatic N) is 2. The number of carbonyl (C=O) groups excluding carboxylic acids is 1. The van der Waals surface area contributed by atoms with Crippen LogP contribution in [-0.2, 0) is 9.47 Å². The molecule has 0 radical (unpaired) electrons. The van der Waals surface area contributed by atoms with Crippen LogP contribution >= 0.6 is 11.6 Å². The van der Waals surface area contributed by atoms with Crippen LogP contribution in [-0.4, -0.2) is 41.8 Å². The molecule has 0 saturated carbocycles. The highest BCUT2D eigenvalue weighted by molar-refractivity contribution is 6.28. The number of carbonyl (C=O) groups is 1. The maximum atomic E-state index is 11.7. The second-order valence-electron chi connectivity index (χ2n) is 3.83. The zero-order valence-electron chi connectivity index (χ0n) is 9.98. The van der Waals surface area contributed by atoms with Crippen LogP contribution in [0.5, 0.6) is 0 Å². The smallest absolute Gasteiger partial charge is 0.343 e. The molecule has 1 aliphatic heterocycles. The van der Waals surface area contributed by atoms with Gasteiger partial charge < -0.3 is 14.8 Å². The minimum Gasteiger partial charge on any atom is -0.462 e. The Morgan fingerprint density at radius 2 is 2.56 bits per heavy atom. The van der Waals surface area contributed by atoms with Crippen molar-refractivity contribution in [3.05, 3.63) is 17.0 Å².